The predicted octanol–water partition coefficient (Wildman–Crippen LogP) is 3.00. The Balaban J connectivity index is 1.56. The van der Waals surface area contributed by atoms with E-state index < -0.39 is 0 Å². The fourth-order valence-corrected chi connectivity index (χ4v) is 2.36. The Kier molecular flexibility index (Phi) is 5.16. The molecule has 2 amide bonds. The normalized spacial score (nSPS) is 10.7. The van der Waals surface area contributed by atoms with Crippen molar-refractivity contribution in [2.45, 2.75) is 0 Å². The Hall–Kier alpha value is -3.47. The molecule has 2 N–H and O–H groups in total. The maximum Gasteiger partial charge on any atom is 0.244 e. The molecule has 0 unspecified atom stereocenters. The quantitative estimate of drug-likeness (QED) is 0.706. The van der Waals surface area contributed by atoms with E-state index in [4.69, 9.17) is 0 Å². The summed E-state index contributed by atoms with van der Waals surface area (Å²) in [6.07, 6.45) is 4.78. The molecule has 25 heavy (non-hydrogen) atoms. The first kappa shape index (κ1) is 16.4. The van der Waals surface area contributed by atoms with Gasteiger partial charge in [0.05, 0.1) is 17.7 Å². The lowest BCUT2D eigenvalue weighted by Crippen LogP contribution is -2.31. The molecule has 0 saturated heterocycles. The van der Waals surface area contributed by atoms with Crippen molar-refractivity contribution in [2.24, 2.45) is 0 Å². The number of rotatable bonds is 5. The molecule has 0 aliphatic carbocycles. The summed E-state index contributed by atoms with van der Waals surface area (Å²) in [5.74, 6) is -0.630. The van der Waals surface area contributed by atoms with Crippen LogP contribution >= 0.6 is 0 Å². The fraction of sp³-hybridized carbons (Fsp3) is 0.0500. The number of aromatic nitrogens is 1. The topological polar surface area (TPSA) is 71.1 Å². The summed E-state index contributed by atoms with van der Waals surface area (Å²) < 4.78 is 0. The van der Waals surface area contributed by atoms with Gasteiger partial charge in [-0.3, -0.25) is 14.6 Å². The van der Waals surface area contributed by atoms with Crippen LogP contribution in [0, 0.1) is 0 Å². The van der Waals surface area contributed by atoms with Crippen LogP contribution in [0.25, 0.3) is 17.0 Å². The van der Waals surface area contributed by atoms with Gasteiger partial charge in [0.1, 0.15) is 0 Å². The summed E-state index contributed by atoms with van der Waals surface area (Å²) in [7, 11) is 0. The summed E-state index contributed by atoms with van der Waals surface area (Å²) in [6.45, 7) is -0.110. The first-order chi connectivity index (χ1) is 12.2. The number of benzene rings is 2. The number of carbonyl (C=O) groups excluding carboxylic acids is 2. The van der Waals surface area contributed by atoms with Crippen molar-refractivity contribution in [2.75, 3.05) is 11.9 Å². The van der Waals surface area contributed by atoms with E-state index in [1.54, 1.807) is 18.3 Å². The van der Waals surface area contributed by atoms with Crippen molar-refractivity contribution >= 4 is 34.5 Å². The minimum atomic E-state index is -0.324. The SMILES string of the molecule is O=C(/C=C/c1ccccc1)NCC(=O)Nc1cccc2cccnc12. The molecule has 1 aromatic heterocycles. The van der Waals surface area contributed by atoms with Gasteiger partial charge >= 0.3 is 0 Å². The third-order valence-electron chi connectivity index (χ3n) is 3.56. The highest BCUT2D eigenvalue weighted by atomic mass is 16.2. The first-order valence-electron chi connectivity index (χ1n) is 7.87. The van der Waals surface area contributed by atoms with Crippen LogP contribution in [0.2, 0.25) is 0 Å². The standard InChI is InChI=1S/C20H17N3O2/c24-18(12-11-15-6-2-1-3-7-15)22-14-19(25)23-17-10-4-8-16-9-5-13-21-20(16)17/h1-13H,14H2,(H,22,24)(H,23,25)/b12-11+. The molecule has 0 radical (unpaired) electrons. The van der Waals surface area contributed by atoms with E-state index in [2.05, 4.69) is 15.6 Å². The minimum absolute atomic E-state index is 0.110. The highest BCUT2D eigenvalue weighted by molar-refractivity contribution is 6.02. The van der Waals surface area contributed by atoms with E-state index in [-0.39, 0.29) is 18.4 Å². The lowest BCUT2D eigenvalue weighted by Gasteiger charge is -2.08. The van der Waals surface area contributed by atoms with E-state index in [1.165, 1.54) is 6.08 Å². The van der Waals surface area contributed by atoms with Crippen LogP contribution in [0.15, 0.2) is 72.9 Å². The van der Waals surface area contributed by atoms with Gasteiger partial charge in [-0.25, -0.2) is 0 Å². The van der Waals surface area contributed by atoms with Gasteiger partial charge in [-0.15, -0.1) is 0 Å². The third kappa shape index (κ3) is 4.51. The summed E-state index contributed by atoms with van der Waals surface area (Å²) >= 11 is 0. The summed E-state index contributed by atoms with van der Waals surface area (Å²) in [4.78, 5) is 28.1. The van der Waals surface area contributed by atoms with Crippen LogP contribution in [-0.4, -0.2) is 23.3 Å². The average Bonchev–Trinajstić information content (AvgIpc) is 2.66. The number of amides is 2. The first-order valence-corrected chi connectivity index (χ1v) is 7.87. The second kappa shape index (κ2) is 7.88. The number of anilines is 1. The van der Waals surface area contributed by atoms with E-state index >= 15 is 0 Å². The van der Waals surface area contributed by atoms with E-state index in [9.17, 15) is 9.59 Å². The van der Waals surface area contributed by atoms with E-state index in [0.717, 1.165) is 10.9 Å². The zero-order chi connectivity index (χ0) is 17.5. The van der Waals surface area contributed by atoms with Crippen molar-refractivity contribution < 1.29 is 9.59 Å². The van der Waals surface area contributed by atoms with Gasteiger partial charge in [-0.2, -0.15) is 0 Å². The second-order valence-electron chi connectivity index (χ2n) is 5.39. The lowest BCUT2D eigenvalue weighted by atomic mass is 10.2. The Bertz CT molecular complexity index is 915. The van der Waals surface area contributed by atoms with Crippen molar-refractivity contribution in [3.05, 3.63) is 78.5 Å². The molecule has 0 bridgehead atoms. The number of hydrogen-bond acceptors (Lipinski definition) is 3. The molecule has 0 aliphatic heterocycles. The molecule has 5 heteroatoms. The fourth-order valence-electron chi connectivity index (χ4n) is 2.36. The van der Waals surface area contributed by atoms with Crippen molar-refractivity contribution in [3.8, 4) is 0 Å². The number of fused-ring (bicyclic) bond motifs is 1. The Morgan fingerprint density at radius 1 is 0.960 bits per heavy atom. The Morgan fingerprint density at radius 3 is 2.60 bits per heavy atom. The number of para-hydroxylation sites is 1. The summed E-state index contributed by atoms with van der Waals surface area (Å²) in [5, 5.41) is 6.28. The van der Waals surface area contributed by atoms with E-state index in [1.807, 2.05) is 54.6 Å². The number of carbonyl (C=O) groups is 2. The van der Waals surface area contributed by atoms with Gasteiger partial charge in [0.2, 0.25) is 11.8 Å². The average molecular weight is 331 g/mol. The highest BCUT2D eigenvalue weighted by Gasteiger charge is 2.07. The molecule has 3 rings (SSSR count). The van der Waals surface area contributed by atoms with Gasteiger partial charge in [0.15, 0.2) is 0 Å². The molecule has 2 aromatic carbocycles. The van der Waals surface area contributed by atoms with Gasteiger partial charge < -0.3 is 10.6 Å². The van der Waals surface area contributed by atoms with Crippen LogP contribution in [0.5, 0.6) is 0 Å². The molecule has 124 valence electrons. The zero-order valence-corrected chi connectivity index (χ0v) is 13.5. The van der Waals surface area contributed by atoms with Crippen molar-refractivity contribution in [3.63, 3.8) is 0 Å². The largest absolute Gasteiger partial charge is 0.343 e. The third-order valence-corrected chi connectivity index (χ3v) is 3.56. The predicted molar refractivity (Wildman–Crippen MR) is 98.9 cm³/mol. The molecule has 3 aromatic rings. The Morgan fingerprint density at radius 2 is 1.76 bits per heavy atom. The highest BCUT2D eigenvalue weighted by Crippen LogP contribution is 2.20. The van der Waals surface area contributed by atoms with Crippen LogP contribution in [0.1, 0.15) is 5.56 Å². The maximum absolute atomic E-state index is 12.1. The Labute approximate surface area is 145 Å². The van der Waals surface area contributed by atoms with Crippen LogP contribution in [0.3, 0.4) is 0 Å². The number of hydrogen-bond donors (Lipinski definition) is 2. The zero-order valence-electron chi connectivity index (χ0n) is 13.5. The molecular formula is C20H17N3O2. The van der Waals surface area contributed by atoms with E-state index in [0.29, 0.717) is 11.2 Å². The summed E-state index contributed by atoms with van der Waals surface area (Å²) in [5.41, 5.74) is 2.26. The number of nitrogens with one attached hydrogen (secondary N) is 2. The lowest BCUT2D eigenvalue weighted by molar-refractivity contribution is -0.121. The number of pyridine rings is 1. The minimum Gasteiger partial charge on any atom is -0.343 e. The molecule has 0 saturated carbocycles. The molecular weight excluding hydrogens is 314 g/mol. The van der Waals surface area contributed by atoms with Gasteiger partial charge in [0, 0.05) is 17.7 Å². The molecule has 1 heterocycles. The second-order valence-corrected chi connectivity index (χ2v) is 5.39. The van der Waals surface area contributed by atoms with Crippen LogP contribution < -0.4 is 10.6 Å². The molecule has 0 spiro atoms. The monoisotopic (exact) mass is 331 g/mol. The van der Waals surface area contributed by atoms with Crippen LogP contribution in [0.4, 0.5) is 5.69 Å². The molecule has 0 atom stereocenters. The van der Waals surface area contributed by atoms with Crippen molar-refractivity contribution in [1.82, 2.24) is 10.3 Å². The summed E-state index contributed by atoms with van der Waals surface area (Å²) in [6, 6.07) is 18.8. The van der Waals surface area contributed by atoms with Crippen molar-refractivity contribution in [1.29, 1.82) is 0 Å². The molecule has 5 nitrogen and oxygen atoms in total. The smallest absolute Gasteiger partial charge is 0.244 e. The van der Waals surface area contributed by atoms with Gasteiger partial charge in [0.25, 0.3) is 0 Å². The number of nitrogens with zero attached hydrogens (tertiary/aromatic N) is 1. The molecule has 0 fully saturated rings. The van der Waals surface area contributed by atoms with Gasteiger partial charge in [-0.05, 0) is 23.8 Å². The maximum atomic E-state index is 12.1. The van der Waals surface area contributed by atoms with Crippen LogP contribution in [-0.2, 0) is 9.59 Å². The van der Waals surface area contributed by atoms with Gasteiger partial charge in [-0.1, -0.05) is 48.5 Å². The molecule has 0 aliphatic rings.